The Hall–Kier alpha value is -3.42. The molecule has 1 aliphatic rings. The minimum absolute atomic E-state index is 0.133. The van der Waals surface area contributed by atoms with E-state index in [2.05, 4.69) is 17.3 Å². The second-order valence-electron chi connectivity index (χ2n) is 9.35. The van der Waals surface area contributed by atoms with E-state index in [1.54, 1.807) is 22.9 Å². The molecule has 7 heteroatoms. The Labute approximate surface area is 212 Å². The summed E-state index contributed by atoms with van der Waals surface area (Å²) < 4.78 is 13.0. The lowest BCUT2D eigenvalue weighted by Gasteiger charge is -2.31. The molecule has 1 amide bonds. The third kappa shape index (κ3) is 7.06. The van der Waals surface area contributed by atoms with Gasteiger partial charge in [-0.05, 0) is 62.2 Å². The van der Waals surface area contributed by atoms with Crippen molar-refractivity contribution in [1.29, 1.82) is 0 Å². The van der Waals surface area contributed by atoms with Crippen LogP contribution in [0.1, 0.15) is 39.9 Å². The minimum atomic E-state index is -0.386. The van der Waals surface area contributed by atoms with Crippen molar-refractivity contribution in [2.24, 2.45) is 0 Å². The van der Waals surface area contributed by atoms with Crippen molar-refractivity contribution < 1.29 is 14.3 Å². The molecule has 1 aromatic heterocycles. The van der Waals surface area contributed by atoms with E-state index < -0.39 is 0 Å². The Morgan fingerprint density at radius 3 is 2.67 bits per heavy atom. The molecule has 0 unspecified atom stereocenters. The molecule has 0 atom stereocenters. The van der Waals surface area contributed by atoms with E-state index in [1.807, 2.05) is 55.5 Å². The van der Waals surface area contributed by atoms with Gasteiger partial charge in [0.2, 0.25) is 0 Å². The monoisotopic (exact) mass is 489 g/mol. The van der Waals surface area contributed by atoms with Gasteiger partial charge in [-0.15, -0.1) is 0 Å². The van der Waals surface area contributed by atoms with Crippen LogP contribution in [0.4, 0.5) is 0 Å². The molecule has 0 bridgehead atoms. The zero-order chi connectivity index (χ0) is 25.3. The van der Waals surface area contributed by atoms with Gasteiger partial charge in [0, 0.05) is 38.5 Å². The normalized spacial score (nSPS) is 14.1. The van der Waals surface area contributed by atoms with Crippen LogP contribution in [0.3, 0.4) is 0 Å². The first-order valence-corrected chi connectivity index (χ1v) is 12.5. The van der Waals surface area contributed by atoms with E-state index in [0.29, 0.717) is 25.7 Å². The van der Waals surface area contributed by atoms with Crippen molar-refractivity contribution >= 4 is 5.91 Å². The first kappa shape index (κ1) is 25.7. The summed E-state index contributed by atoms with van der Waals surface area (Å²) in [6, 6.07) is 19.5. The number of hydrogen-bond acceptors (Lipinski definition) is 5. The van der Waals surface area contributed by atoms with Gasteiger partial charge in [0.15, 0.2) is 0 Å². The number of carbonyl (C=O) groups is 1. The number of nitrogens with one attached hydrogen (secondary N) is 1. The van der Waals surface area contributed by atoms with Crippen molar-refractivity contribution in [2.45, 2.75) is 38.9 Å². The van der Waals surface area contributed by atoms with Crippen molar-refractivity contribution in [3.05, 3.63) is 99.5 Å². The lowest BCUT2D eigenvalue weighted by molar-refractivity contribution is 0.0392. The van der Waals surface area contributed by atoms with Crippen LogP contribution in [0.15, 0.2) is 71.7 Å². The Morgan fingerprint density at radius 2 is 1.86 bits per heavy atom. The lowest BCUT2D eigenvalue weighted by Crippen LogP contribution is -2.38. The summed E-state index contributed by atoms with van der Waals surface area (Å²) in [5, 5.41) is 2.87. The van der Waals surface area contributed by atoms with Crippen LogP contribution in [0, 0.1) is 6.92 Å². The third-order valence-electron chi connectivity index (χ3n) is 6.58. The first-order valence-electron chi connectivity index (χ1n) is 12.5. The molecule has 36 heavy (non-hydrogen) atoms. The molecule has 1 aliphatic heterocycles. The van der Waals surface area contributed by atoms with Gasteiger partial charge in [-0.1, -0.05) is 42.0 Å². The molecule has 2 aromatic carbocycles. The van der Waals surface area contributed by atoms with Gasteiger partial charge in [0.25, 0.3) is 11.5 Å². The average Bonchev–Trinajstić information content (AvgIpc) is 2.89. The number of likely N-dealkylation sites (N-methyl/N-ethyl adjacent to an activating group) is 1. The van der Waals surface area contributed by atoms with E-state index in [1.165, 1.54) is 0 Å². The summed E-state index contributed by atoms with van der Waals surface area (Å²) in [5.41, 5.74) is 2.89. The van der Waals surface area contributed by atoms with Gasteiger partial charge >= 0.3 is 0 Å². The number of nitrogens with zero attached hydrogens (tertiary/aromatic N) is 2. The maximum Gasteiger partial charge on any atom is 0.263 e. The lowest BCUT2D eigenvalue weighted by atomic mass is 10.1. The summed E-state index contributed by atoms with van der Waals surface area (Å²) in [6.07, 6.45) is 3.83. The smallest absolute Gasteiger partial charge is 0.263 e. The summed E-state index contributed by atoms with van der Waals surface area (Å²) in [5.74, 6) is 0.380. The fourth-order valence-corrected chi connectivity index (χ4v) is 4.48. The highest BCUT2D eigenvalue weighted by atomic mass is 16.5. The number of hydrogen-bond donors (Lipinski definition) is 1. The molecule has 2 heterocycles. The molecular formula is C29H35N3O4. The van der Waals surface area contributed by atoms with Gasteiger partial charge in [-0.3, -0.25) is 14.5 Å². The molecule has 0 saturated carbocycles. The fraction of sp³-hybridized carbons (Fsp3) is 0.379. The number of ether oxygens (including phenoxy) is 2. The molecule has 1 saturated heterocycles. The van der Waals surface area contributed by atoms with Crippen molar-refractivity contribution in [2.75, 3.05) is 33.4 Å². The standard InChI is InChI=1S/C29H35N3O4/c1-22-6-3-8-24(18-22)21-32-13-5-10-27(29(32)34)28(33)30-20-23-7-4-9-26(19-23)36-17-14-31(2)25-11-15-35-16-12-25/h3-10,13,18-19,25H,11-12,14-17,20-21H2,1-2H3,(H,30,33). The highest BCUT2D eigenvalue weighted by Gasteiger charge is 2.18. The molecule has 1 fully saturated rings. The van der Waals surface area contributed by atoms with Gasteiger partial charge in [0.1, 0.15) is 17.9 Å². The topological polar surface area (TPSA) is 72.8 Å². The predicted octanol–water partition coefficient (Wildman–Crippen LogP) is 3.62. The van der Waals surface area contributed by atoms with E-state index in [9.17, 15) is 9.59 Å². The van der Waals surface area contributed by atoms with Crippen molar-refractivity contribution in [3.63, 3.8) is 0 Å². The molecule has 4 rings (SSSR count). The number of amides is 1. The first-order chi connectivity index (χ1) is 17.5. The van der Waals surface area contributed by atoms with Crippen LogP contribution in [-0.4, -0.2) is 54.8 Å². The molecule has 0 radical (unpaired) electrons. The van der Waals surface area contributed by atoms with Crippen molar-refractivity contribution in [3.8, 4) is 5.75 Å². The predicted molar refractivity (Wildman–Crippen MR) is 141 cm³/mol. The Morgan fingerprint density at radius 1 is 1.08 bits per heavy atom. The SMILES string of the molecule is Cc1cccc(Cn2cccc(C(=O)NCc3cccc(OCCN(C)C4CCOCC4)c3)c2=O)c1. The van der Waals surface area contributed by atoms with E-state index in [-0.39, 0.29) is 17.0 Å². The number of carbonyl (C=O) groups excluding carboxylic acids is 1. The highest BCUT2D eigenvalue weighted by molar-refractivity contribution is 5.93. The van der Waals surface area contributed by atoms with Gasteiger partial charge in [-0.25, -0.2) is 0 Å². The largest absolute Gasteiger partial charge is 0.492 e. The maximum absolute atomic E-state index is 12.9. The van der Waals surface area contributed by atoms with Crippen LogP contribution in [0.5, 0.6) is 5.75 Å². The zero-order valence-corrected chi connectivity index (χ0v) is 21.1. The summed E-state index contributed by atoms with van der Waals surface area (Å²) in [6.45, 7) is 5.83. The molecule has 7 nitrogen and oxygen atoms in total. The Bertz CT molecular complexity index is 1220. The van der Waals surface area contributed by atoms with Crippen LogP contribution < -0.4 is 15.6 Å². The Balaban J connectivity index is 1.30. The summed E-state index contributed by atoms with van der Waals surface area (Å²) in [7, 11) is 2.13. The van der Waals surface area contributed by atoms with Crippen LogP contribution in [0.2, 0.25) is 0 Å². The number of aromatic nitrogens is 1. The number of pyridine rings is 1. The third-order valence-corrected chi connectivity index (χ3v) is 6.58. The second kappa shape index (κ2) is 12.5. The Kier molecular flexibility index (Phi) is 8.92. The van der Waals surface area contributed by atoms with E-state index >= 15 is 0 Å². The fourth-order valence-electron chi connectivity index (χ4n) is 4.48. The molecule has 1 N–H and O–H groups in total. The summed E-state index contributed by atoms with van der Waals surface area (Å²) in [4.78, 5) is 28.1. The quantitative estimate of drug-likeness (QED) is 0.471. The van der Waals surface area contributed by atoms with Crippen molar-refractivity contribution in [1.82, 2.24) is 14.8 Å². The number of aryl methyl sites for hydroxylation is 1. The minimum Gasteiger partial charge on any atom is -0.492 e. The van der Waals surface area contributed by atoms with Gasteiger partial charge < -0.3 is 19.4 Å². The second-order valence-corrected chi connectivity index (χ2v) is 9.35. The van der Waals surface area contributed by atoms with Crippen LogP contribution in [-0.2, 0) is 17.8 Å². The molecule has 0 spiro atoms. The van der Waals surface area contributed by atoms with Gasteiger partial charge in [-0.2, -0.15) is 0 Å². The van der Waals surface area contributed by atoms with Gasteiger partial charge in [0.05, 0.1) is 6.54 Å². The molecular weight excluding hydrogens is 454 g/mol. The van der Waals surface area contributed by atoms with Crippen LogP contribution >= 0.6 is 0 Å². The van der Waals surface area contributed by atoms with E-state index in [0.717, 1.165) is 55.0 Å². The van der Waals surface area contributed by atoms with Crippen LogP contribution in [0.25, 0.3) is 0 Å². The van der Waals surface area contributed by atoms with E-state index in [4.69, 9.17) is 9.47 Å². The molecule has 3 aromatic rings. The summed E-state index contributed by atoms with van der Waals surface area (Å²) >= 11 is 0. The number of rotatable bonds is 10. The highest BCUT2D eigenvalue weighted by Crippen LogP contribution is 2.15. The number of benzene rings is 2. The maximum atomic E-state index is 12.9. The zero-order valence-electron chi connectivity index (χ0n) is 21.1. The molecule has 0 aliphatic carbocycles. The molecule has 190 valence electrons. The average molecular weight is 490 g/mol.